The molecule has 0 radical (unpaired) electrons. The molecule has 1 fully saturated rings. The van der Waals surface area contributed by atoms with E-state index in [2.05, 4.69) is 15.0 Å². The van der Waals surface area contributed by atoms with Crippen molar-refractivity contribution in [1.29, 1.82) is 0 Å². The lowest BCUT2D eigenvalue weighted by Crippen LogP contribution is -2.54. The molecule has 24 heavy (non-hydrogen) atoms. The number of hydrogen-bond acceptors (Lipinski definition) is 5. The fourth-order valence-corrected chi connectivity index (χ4v) is 3.24. The maximum atomic E-state index is 12.5. The van der Waals surface area contributed by atoms with Gasteiger partial charge in [-0.1, -0.05) is 6.07 Å². The minimum Gasteiger partial charge on any atom is -0.386 e. The lowest BCUT2D eigenvalue weighted by molar-refractivity contribution is -0.000134. The van der Waals surface area contributed by atoms with Crippen LogP contribution in [0.5, 0.6) is 0 Å². The van der Waals surface area contributed by atoms with Crippen molar-refractivity contribution >= 4 is 11.7 Å². The lowest BCUT2D eigenvalue weighted by atomic mass is 9.92. The lowest BCUT2D eigenvalue weighted by Gasteiger charge is -2.41. The number of aryl methyl sites for hydroxylation is 1. The summed E-state index contributed by atoms with van der Waals surface area (Å²) in [5, 5.41) is 15.0. The summed E-state index contributed by atoms with van der Waals surface area (Å²) in [4.78, 5) is 20.5. The van der Waals surface area contributed by atoms with Crippen LogP contribution in [0, 0.1) is 0 Å². The van der Waals surface area contributed by atoms with Gasteiger partial charge < -0.3 is 14.9 Å². The number of piperidine rings is 1. The van der Waals surface area contributed by atoms with E-state index in [0.717, 1.165) is 18.8 Å². The van der Waals surface area contributed by atoms with E-state index in [1.165, 1.54) is 0 Å². The molecule has 0 unspecified atom stereocenters. The number of rotatable bonds is 4. The van der Waals surface area contributed by atoms with E-state index in [1.54, 1.807) is 42.3 Å². The molecule has 1 aliphatic rings. The zero-order valence-electron chi connectivity index (χ0n) is 14.1. The van der Waals surface area contributed by atoms with Crippen LogP contribution in [0.25, 0.3) is 0 Å². The van der Waals surface area contributed by atoms with Gasteiger partial charge in [-0.25, -0.2) is 4.98 Å². The maximum absolute atomic E-state index is 12.5. The third-order valence-electron chi connectivity index (χ3n) is 4.36. The highest BCUT2D eigenvalue weighted by Crippen LogP contribution is 2.25. The maximum Gasteiger partial charge on any atom is 0.256 e. The van der Waals surface area contributed by atoms with Gasteiger partial charge in [0.2, 0.25) is 0 Å². The van der Waals surface area contributed by atoms with Crippen molar-refractivity contribution in [3.63, 3.8) is 0 Å². The van der Waals surface area contributed by atoms with Gasteiger partial charge in [0.1, 0.15) is 5.82 Å². The number of amides is 1. The standard InChI is InChI=1S/C17H23N5O2/c1-20(16(23)14-10-19-21(2)11-14)12-17(24)7-5-9-22(13-17)15-6-3-4-8-18-15/h3-4,6,8,10-11,24H,5,7,9,12-13H2,1-2H3/t17-/m0/s1. The predicted molar refractivity (Wildman–Crippen MR) is 90.8 cm³/mol. The fourth-order valence-electron chi connectivity index (χ4n) is 3.24. The Morgan fingerprint density at radius 2 is 2.29 bits per heavy atom. The van der Waals surface area contributed by atoms with Gasteiger partial charge in [0.05, 0.1) is 23.9 Å². The van der Waals surface area contributed by atoms with Gasteiger partial charge in [-0.3, -0.25) is 9.48 Å². The molecule has 7 heteroatoms. The SMILES string of the molecule is CN(C[C@@]1(O)CCCN(c2ccccn2)C1)C(=O)c1cnn(C)c1. The first kappa shape index (κ1) is 16.4. The van der Waals surface area contributed by atoms with Crippen LogP contribution in [0.1, 0.15) is 23.2 Å². The van der Waals surface area contributed by atoms with Crippen LogP contribution < -0.4 is 4.90 Å². The summed E-state index contributed by atoms with van der Waals surface area (Å²) in [5.41, 5.74) is -0.413. The number of nitrogens with zero attached hydrogens (tertiary/aromatic N) is 5. The highest BCUT2D eigenvalue weighted by molar-refractivity contribution is 5.93. The zero-order valence-corrected chi connectivity index (χ0v) is 14.1. The minimum atomic E-state index is -0.942. The largest absolute Gasteiger partial charge is 0.386 e. The Balaban J connectivity index is 1.67. The Kier molecular flexibility index (Phi) is 4.53. The molecule has 3 heterocycles. The van der Waals surface area contributed by atoms with Crippen LogP contribution in [0.3, 0.4) is 0 Å². The molecule has 0 aliphatic carbocycles. The Morgan fingerprint density at radius 3 is 2.96 bits per heavy atom. The number of carbonyl (C=O) groups is 1. The van der Waals surface area contributed by atoms with Gasteiger partial charge in [0, 0.05) is 39.6 Å². The van der Waals surface area contributed by atoms with Crippen molar-refractivity contribution in [3.8, 4) is 0 Å². The molecular weight excluding hydrogens is 306 g/mol. The van der Waals surface area contributed by atoms with E-state index in [4.69, 9.17) is 0 Å². The number of hydrogen-bond donors (Lipinski definition) is 1. The third-order valence-corrected chi connectivity index (χ3v) is 4.36. The van der Waals surface area contributed by atoms with Crippen molar-refractivity contribution < 1.29 is 9.90 Å². The second-order valence-electron chi connectivity index (χ2n) is 6.50. The first-order chi connectivity index (χ1) is 11.5. The third kappa shape index (κ3) is 3.56. The predicted octanol–water partition coefficient (Wildman–Crippen LogP) is 0.919. The monoisotopic (exact) mass is 329 g/mol. The number of aliphatic hydroxyl groups is 1. The molecule has 1 saturated heterocycles. The molecule has 0 saturated carbocycles. The Labute approximate surface area is 141 Å². The summed E-state index contributed by atoms with van der Waals surface area (Å²) in [6.07, 6.45) is 6.51. The molecule has 3 rings (SSSR count). The van der Waals surface area contributed by atoms with E-state index >= 15 is 0 Å². The van der Waals surface area contributed by atoms with Crippen molar-refractivity contribution in [2.45, 2.75) is 18.4 Å². The van der Waals surface area contributed by atoms with E-state index in [9.17, 15) is 9.90 Å². The first-order valence-electron chi connectivity index (χ1n) is 8.09. The molecular formula is C17H23N5O2. The average Bonchev–Trinajstić information content (AvgIpc) is 3.01. The molecule has 2 aromatic rings. The number of aromatic nitrogens is 3. The van der Waals surface area contributed by atoms with Crippen LogP contribution in [-0.2, 0) is 7.05 Å². The van der Waals surface area contributed by atoms with Crippen LogP contribution in [0.2, 0.25) is 0 Å². The second kappa shape index (κ2) is 6.60. The molecule has 7 nitrogen and oxygen atoms in total. The summed E-state index contributed by atoms with van der Waals surface area (Å²) in [6, 6.07) is 5.75. The van der Waals surface area contributed by atoms with Gasteiger partial charge in [0.25, 0.3) is 5.91 Å². The minimum absolute atomic E-state index is 0.133. The molecule has 0 bridgehead atoms. The highest BCUT2D eigenvalue weighted by atomic mass is 16.3. The Hall–Kier alpha value is -2.41. The zero-order chi connectivity index (χ0) is 17.2. The summed E-state index contributed by atoms with van der Waals surface area (Å²) >= 11 is 0. The Morgan fingerprint density at radius 1 is 1.46 bits per heavy atom. The van der Waals surface area contributed by atoms with E-state index in [0.29, 0.717) is 18.5 Å². The van der Waals surface area contributed by atoms with Crippen LogP contribution >= 0.6 is 0 Å². The normalized spacial score (nSPS) is 20.9. The number of β-amino-alcohol motifs (C(OH)–C–C–N with tert-alkyl or cyclic N) is 1. The molecule has 2 aromatic heterocycles. The second-order valence-corrected chi connectivity index (χ2v) is 6.50. The van der Waals surface area contributed by atoms with Gasteiger partial charge in [-0.2, -0.15) is 5.10 Å². The van der Waals surface area contributed by atoms with Gasteiger partial charge in [-0.05, 0) is 25.0 Å². The van der Waals surface area contributed by atoms with Crippen molar-refractivity contribution in [2.75, 3.05) is 31.6 Å². The van der Waals surface area contributed by atoms with Crippen molar-refractivity contribution in [3.05, 3.63) is 42.4 Å². The summed E-state index contributed by atoms with van der Waals surface area (Å²) in [6.45, 7) is 1.61. The van der Waals surface area contributed by atoms with Gasteiger partial charge in [-0.15, -0.1) is 0 Å². The molecule has 1 N–H and O–H groups in total. The molecule has 0 aromatic carbocycles. The molecule has 128 valence electrons. The molecule has 1 aliphatic heterocycles. The smallest absolute Gasteiger partial charge is 0.256 e. The van der Waals surface area contributed by atoms with E-state index in [1.807, 2.05) is 18.2 Å². The summed E-state index contributed by atoms with van der Waals surface area (Å²) in [7, 11) is 3.49. The van der Waals surface area contributed by atoms with Crippen LogP contribution in [0.4, 0.5) is 5.82 Å². The number of pyridine rings is 1. The van der Waals surface area contributed by atoms with E-state index < -0.39 is 5.60 Å². The Bertz CT molecular complexity index is 702. The van der Waals surface area contributed by atoms with E-state index in [-0.39, 0.29) is 12.5 Å². The fraction of sp³-hybridized carbons (Fsp3) is 0.471. The molecule has 0 spiro atoms. The quantitative estimate of drug-likeness (QED) is 0.903. The topological polar surface area (TPSA) is 74.5 Å². The van der Waals surface area contributed by atoms with Crippen molar-refractivity contribution in [1.82, 2.24) is 19.7 Å². The number of likely N-dealkylation sites (N-methyl/N-ethyl adjacent to an activating group) is 1. The first-order valence-corrected chi connectivity index (χ1v) is 8.09. The van der Waals surface area contributed by atoms with Crippen LogP contribution in [-0.4, -0.2) is 63.0 Å². The molecule has 1 atom stereocenters. The van der Waals surface area contributed by atoms with Gasteiger partial charge >= 0.3 is 0 Å². The average molecular weight is 329 g/mol. The van der Waals surface area contributed by atoms with Gasteiger partial charge in [0.15, 0.2) is 0 Å². The van der Waals surface area contributed by atoms with Crippen LogP contribution in [0.15, 0.2) is 36.8 Å². The summed E-state index contributed by atoms with van der Waals surface area (Å²) in [5.74, 6) is 0.725. The number of carbonyl (C=O) groups excluding carboxylic acids is 1. The molecule has 1 amide bonds. The number of anilines is 1. The summed E-state index contributed by atoms with van der Waals surface area (Å²) < 4.78 is 1.60. The highest BCUT2D eigenvalue weighted by Gasteiger charge is 2.36. The van der Waals surface area contributed by atoms with Crippen molar-refractivity contribution in [2.24, 2.45) is 7.05 Å².